The zero-order chi connectivity index (χ0) is 18.1. The smallest absolute Gasteiger partial charge is 0.269 e. The van der Waals surface area contributed by atoms with Crippen LogP contribution in [0.4, 0.5) is 5.69 Å². The number of rotatable bonds is 3. The van der Waals surface area contributed by atoms with Crippen LogP contribution in [0.3, 0.4) is 0 Å². The molecule has 0 aromatic heterocycles. The predicted molar refractivity (Wildman–Crippen MR) is 93.5 cm³/mol. The second-order valence-electron chi connectivity index (χ2n) is 6.56. The minimum absolute atomic E-state index is 0.0139. The number of carbonyl (C=O) groups excluding carboxylic acids is 1. The van der Waals surface area contributed by atoms with Crippen LogP contribution in [0, 0.1) is 24.0 Å². The molecular weight excluding hydrogens is 320 g/mol. The van der Waals surface area contributed by atoms with E-state index in [0.717, 1.165) is 22.3 Å². The lowest BCUT2D eigenvalue weighted by atomic mass is 9.93. The number of nitro benzene ring substituents is 1. The third-order valence-electron chi connectivity index (χ3n) is 4.58. The van der Waals surface area contributed by atoms with Crippen molar-refractivity contribution in [2.75, 3.05) is 6.61 Å². The highest BCUT2D eigenvalue weighted by molar-refractivity contribution is 5.95. The molecule has 1 unspecified atom stereocenters. The third kappa shape index (κ3) is 3.39. The van der Waals surface area contributed by atoms with Crippen LogP contribution in [0.2, 0.25) is 0 Å². The molecule has 0 aliphatic carbocycles. The number of nitrogens with zero attached hydrogens (tertiary/aromatic N) is 2. The standard InChI is InChI=1S/C19H20N2O4/c1-12-5-13(2)7-15(6-12)19(23)20-10-16-9-17(21(24)25)4-3-14(16)8-18(20)11-22/h3-7,9,18,22H,8,10-11H2,1-2H3. The molecule has 1 atom stereocenters. The largest absolute Gasteiger partial charge is 0.394 e. The maximum atomic E-state index is 13.0. The molecule has 2 aromatic rings. The Balaban J connectivity index is 1.96. The number of nitro groups is 1. The van der Waals surface area contributed by atoms with Crippen LogP contribution < -0.4 is 0 Å². The molecule has 3 rings (SSSR count). The van der Waals surface area contributed by atoms with Gasteiger partial charge in [-0.05, 0) is 43.5 Å². The van der Waals surface area contributed by atoms with Crippen LogP contribution in [-0.2, 0) is 13.0 Å². The van der Waals surface area contributed by atoms with E-state index < -0.39 is 4.92 Å². The number of carbonyl (C=O) groups is 1. The van der Waals surface area contributed by atoms with Gasteiger partial charge in [-0.2, -0.15) is 0 Å². The topological polar surface area (TPSA) is 83.7 Å². The Kier molecular flexibility index (Phi) is 4.55. The van der Waals surface area contributed by atoms with Crippen molar-refractivity contribution in [1.82, 2.24) is 4.90 Å². The Morgan fingerprint density at radius 1 is 1.20 bits per heavy atom. The highest BCUT2D eigenvalue weighted by Crippen LogP contribution is 2.28. The van der Waals surface area contributed by atoms with E-state index in [9.17, 15) is 20.0 Å². The first-order valence-electron chi connectivity index (χ1n) is 8.15. The second-order valence-corrected chi connectivity index (χ2v) is 6.56. The fraction of sp³-hybridized carbons (Fsp3) is 0.316. The normalized spacial score (nSPS) is 16.4. The molecule has 6 heteroatoms. The fourth-order valence-corrected chi connectivity index (χ4v) is 3.41. The highest BCUT2D eigenvalue weighted by Gasteiger charge is 2.31. The molecule has 0 bridgehead atoms. The summed E-state index contributed by atoms with van der Waals surface area (Å²) >= 11 is 0. The van der Waals surface area contributed by atoms with Gasteiger partial charge in [-0.15, -0.1) is 0 Å². The van der Waals surface area contributed by atoms with Gasteiger partial charge in [0.25, 0.3) is 11.6 Å². The number of aliphatic hydroxyl groups excluding tert-OH is 1. The van der Waals surface area contributed by atoms with Crippen LogP contribution in [0.5, 0.6) is 0 Å². The van der Waals surface area contributed by atoms with Crippen molar-refractivity contribution in [2.45, 2.75) is 32.9 Å². The van der Waals surface area contributed by atoms with Crippen molar-refractivity contribution in [3.05, 3.63) is 74.3 Å². The molecule has 130 valence electrons. The molecule has 1 heterocycles. The summed E-state index contributed by atoms with van der Waals surface area (Å²) < 4.78 is 0. The van der Waals surface area contributed by atoms with Crippen molar-refractivity contribution in [3.63, 3.8) is 0 Å². The van der Waals surface area contributed by atoms with E-state index >= 15 is 0 Å². The summed E-state index contributed by atoms with van der Waals surface area (Å²) in [6.45, 7) is 3.98. The summed E-state index contributed by atoms with van der Waals surface area (Å²) in [5, 5.41) is 20.7. The molecule has 2 aromatic carbocycles. The monoisotopic (exact) mass is 340 g/mol. The lowest BCUT2D eigenvalue weighted by Crippen LogP contribution is -2.46. The van der Waals surface area contributed by atoms with E-state index in [4.69, 9.17) is 0 Å². The summed E-state index contributed by atoms with van der Waals surface area (Å²) in [5.74, 6) is -0.164. The molecule has 1 aliphatic heterocycles. The van der Waals surface area contributed by atoms with Gasteiger partial charge >= 0.3 is 0 Å². The summed E-state index contributed by atoms with van der Waals surface area (Å²) in [4.78, 5) is 25.2. The van der Waals surface area contributed by atoms with Gasteiger partial charge in [-0.1, -0.05) is 23.3 Å². The molecule has 0 saturated carbocycles. The molecule has 0 spiro atoms. The summed E-state index contributed by atoms with van der Waals surface area (Å²) in [7, 11) is 0. The zero-order valence-electron chi connectivity index (χ0n) is 14.2. The van der Waals surface area contributed by atoms with Gasteiger partial charge in [-0.25, -0.2) is 0 Å². The van der Waals surface area contributed by atoms with Crippen molar-refractivity contribution in [3.8, 4) is 0 Å². The Hall–Kier alpha value is -2.73. The maximum Gasteiger partial charge on any atom is 0.269 e. The lowest BCUT2D eigenvalue weighted by Gasteiger charge is -2.36. The van der Waals surface area contributed by atoms with Crippen LogP contribution in [-0.4, -0.2) is 33.5 Å². The predicted octanol–water partition coefficient (Wildman–Crippen LogP) is 2.77. The molecule has 6 nitrogen and oxygen atoms in total. The van der Waals surface area contributed by atoms with Crippen LogP contribution in [0.15, 0.2) is 36.4 Å². The average molecular weight is 340 g/mol. The summed E-state index contributed by atoms with van der Waals surface area (Å²) in [6.07, 6.45) is 0.486. The first-order valence-corrected chi connectivity index (χ1v) is 8.15. The molecule has 1 amide bonds. The number of aliphatic hydroxyl groups is 1. The second kappa shape index (κ2) is 6.64. The average Bonchev–Trinajstić information content (AvgIpc) is 2.58. The SMILES string of the molecule is Cc1cc(C)cc(C(=O)N2Cc3cc([N+](=O)[O-])ccc3CC2CO)c1. The molecule has 0 fully saturated rings. The number of aryl methyl sites for hydroxylation is 2. The highest BCUT2D eigenvalue weighted by atomic mass is 16.6. The van der Waals surface area contributed by atoms with Crippen molar-refractivity contribution < 1.29 is 14.8 Å². The lowest BCUT2D eigenvalue weighted by molar-refractivity contribution is -0.385. The van der Waals surface area contributed by atoms with Gasteiger partial charge in [0.05, 0.1) is 17.6 Å². The quantitative estimate of drug-likeness (QED) is 0.688. The van der Waals surface area contributed by atoms with Crippen LogP contribution >= 0.6 is 0 Å². The minimum atomic E-state index is -0.436. The number of hydrogen-bond acceptors (Lipinski definition) is 4. The van der Waals surface area contributed by atoms with E-state index in [1.54, 1.807) is 11.0 Å². The molecule has 1 aliphatic rings. The molecule has 0 radical (unpaired) electrons. The first-order chi connectivity index (χ1) is 11.9. The Morgan fingerprint density at radius 2 is 1.88 bits per heavy atom. The molecule has 1 N–H and O–H groups in total. The van der Waals surface area contributed by atoms with Gasteiger partial charge in [0, 0.05) is 24.2 Å². The van der Waals surface area contributed by atoms with Gasteiger partial charge < -0.3 is 10.0 Å². The van der Waals surface area contributed by atoms with Crippen molar-refractivity contribution in [1.29, 1.82) is 0 Å². The number of non-ortho nitro benzene ring substituents is 1. The van der Waals surface area contributed by atoms with Gasteiger partial charge in [0.15, 0.2) is 0 Å². The number of hydrogen-bond donors (Lipinski definition) is 1. The fourth-order valence-electron chi connectivity index (χ4n) is 3.41. The number of benzene rings is 2. The number of amides is 1. The van der Waals surface area contributed by atoms with E-state index in [1.165, 1.54) is 12.1 Å². The maximum absolute atomic E-state index is 13.0. The van der Waals surface area contributed by atoms with Gasteiger partial charge in [0.2, 0.25) is 0 Å². The van der Waals surface area contributed by atoms with E-state index in [2.05, 4.69) is 0 Å². The summed E-state index contributed by atoms with van der Waals surface area (Å²) in [5.41, 5.74) is 4.28. The van der Waals surface area contributed by atoms with Crippen molar-refractivity contribution >= 4 is 11.6 Å². The summed E-state index contributed by atoms with van der Waals surface area (Å²) in [6, 6.07) is 10.0. The van der Waals surface area contributed by atoms with Crippen molar-refractivity contribution in [2.24, 2.45) is 0 Å². The van der Waals surface area contributed by atoms with Crippen LogP contribution in [0.1, 0.15) is 32.6 Å². The van der Waals surface area contributed by atoms with E-state index in [-0.39, 0.29) is 30.8 Å². The van der Waals surface area contributed by atoms with Gasteiger partial charge in [0.1, 0.15) is 0 Å². The number of fused-ring (bicyclic) bond motifs is 1. The Bertz CT molecular complexity index is 827. The minimum Gasteiger partial charge on any atom is -0.394 e. The molecular formula is C19H20N2O4. The molecule has 0 saturated heterocycles. The Morgan fingerprint density at radius 3 is 2.48 bits per heavy atom. The Labute approximate surface area is 145 Å². The van der Waals surface area contributed by atoms with E-state index in [0.29, 0.717) is 12.0 Å². The van der Waals surface area contributed by atoms with Crippen LogP contribution in [0.25, 0.3) is 0 Å². The first kappa shape index (κ1) is 17.1. The van der Waals surface area contributed by atoms with E-state index in [1.807, 2.05) is 32.0 Å². The van der Waals surface area contributed by atoms with Gasteiger partial charge in [-0.3, -0.25) is 14.9 Å². The third-order valence-corrected chi connectivity index (χ3v) is 4.58. The molecule has 25 heavy (non-hydrogen) atoms. The zero-order valence-corrected chi connectivity index (χ0v) is 14.2.